The van der Waals surface area contributed by atoms with Gasteiger partial charge in [-0.1, -0.05) is 0 Å². The maximum Gasteiger partial charge on any atom is 0.245 e. The summed E-state index contributed by atoms with van der Waals surface area (Å²) in [5, 5.41) is 7.41. The Morgan fingerprint density at radius 3 is 2.95 bits per heavy atom. The van der Waals surface area contributed by atoms with Gasteiger partial charge in [0.25, 0.3) is 0 Å². The fraction of sp³-hybridized carbons (Fsp3) is 0.286. The van der Waals surface area contributed by atoms with Gasteiger partial charge in [-0.2, -0.15) is 5.10 Å². The first-order chi connectivity index (χ1) is 9.63. The molecule has 2 aliphatic rings. The molecule has 1 atom stereocenters. The van der Waals surface area contributed by atoms with Crippen LogP contribution in [0.4, 0.5) is 5.69 Å². The third-order valence-electron chi connectivity index (χ3n) is 3.85. The van der Waals surface area contributed by atoms with Crippen molar-refractivity contribution in [2.45, 2.75) is 24.8 Å². The molecule has 20 heavy (non-hydrogen) atoms. The van der Waals surface area contributed by atoms with Crippen molar-refractivity contribution in [3.8, 4) is 5.69 Å². The highest BCUT2D eigenvalue weighted by molar-refractivity contribution is 9.10. The first-order valence-corrected chi connectivity index (χ1v) is 7.38. The predicted octanol–water partition coefficient (Wildman–Crippen LogP) is 2.46. The summed E-state index contributed by atoms with van der Waals surface area (Å²) in [6.07, 6.45) is 4.41. The molecule has 0 bridgehead atoms. The first kappa shape index (κ1) is 12.1. The molecule has 1 fully saturated rings. The number of nitrogens with two attached hydrogens (primary N) is 1. The second-order valence-electron chi connectivity index (χ2n) is 5.32. The van der Waals surface area contributed by atoms with Gasteiger partial charge in [-0.15, -0.1) is 0 Å². The molecule has 102 valence electrons. The Kier molecular flexibility index (Phi) is 2.52. The molecule has 1 aliphatic heterocycles. The Morgan fingerprint density at radius 2 is 2.20 bits per heavy atom. The zero-order valence-corrected chi connectivity index (χ0v) is 12.2. The minimum absolute atomic E-state index is 0.164. The van der Waals surface area contributed by atoms with Gasteiger partial charge in [0, 0.05) is 27.8 Å². The maximum absolute atomic E-state index is 11.6. The van der Waals surface area contributed by atoms with Crippen LogP contribution in [-0.2, 0) is 4.79 Å². The number of carbonyl (C=O) groups is 1. The van der Waals surface area contributed by atoms with E-state index in [1.807, 2.05) is 23.0 Å². The molecule has 5 nitrogen and oxygen atoms in total. The third-order valence-corrected chi connectivity index (χ3v) is 4.48. The SMILES string of the molecule is NC1C(=O)Nc2cc(-n3ccc(C4CC4)n3)c(Br)cc21. The molecule has 0 spiro atoms. The lowest BCUT2D eigenvalue weighted by molar-refractivity contribution is -0.116. The van der Waals surface area contributed by atoms with Crippen LogP contribution in [0.3, 0.4) is 0 Å². The number of anilines is 1. The van der Waals surface area contributed by atoms with E-state index in [4.69, 9.17) is 5.73 Å². The number of nitrogens with zero attached hydrogens (tertiary/aromatic N) is 2. The summed E-state index contributed by atoms with van der Waals surface area (Å²) in [7, 11) is 0. The lowest BCUT2D eigenvalue weighted by Crippen LogP contribution is -2.19. The van der Waals surface area contributed by atoms with Crippen LogP contribution < -0.4 is 11.1 Å². The van der Waals surface area contributed by atoms with E-state index in [0.29, 0.717) is 5.92 Å². The van der Waals surface area contributed by atoms with Gasteiger partial charge in [-0.05, 0) is 47.0 Å². The van der Waals surface area contributed by atoms with Gasteiger partial charge >= 0.3 is 0 Å². The molecule has 0 radical (unpaired) electrons. The topological polar surface area (TPSA) is 72.9 Å². The summed E-state index contributed by atoms with van der Waals surface area (Å²) >= 11 is 3.54. The molecule has 3 N–H and O–H groups in total. The maximum atomic E-state index is 11.6. The molecular weight excluding hydrogens is 320 g/mol. The van der Waals surface area contributed by atoms with Crippen molar-refractivity contribution in [1.82, 2.24) is 9.78 Å². The highest BCUT2D eigenvalue weighted by Crippen LogP contribution is 2.40. The number of aromatic nitrogens is 2. The highest BCUT2D eigenvalue weighted by Gasteiger charge is 2.29. The van der Waals surface area contributed by atoms with Crippen LogP contribution in [0.15, 0.2) is 28.9 Å². The summed E-state index contributed by atoms with van der Waals surface area (Å²) in [6.45, 7) is 0. The molecule has 1 aliphatic carbocycles. The number of amides is 1. The number of halogens is 1. The summed E-state index contributed by atoms with van der Waals surface area (Å²) < 4.78 is 2.72. The fourth-order valence-corrected chi connectivity index (χ4v) is 3.08. The van der Waals surface area contributed by atoms with Crippen molar-refractivity contribution in [2.24, 2.45) is 5.73 Å². The molecule has 1 aromatic heterocycles. The van der Waals surface area contributed by atoms with Crippen LogP contribution >= 0.6 is 15.9 Å². The normalized spacial score (nSPS) is 20.9. The first-order valence-electron chi connectivity index (χ1n) is 6.59. The van der Waals surface area contributed by atoms with Crippen molar-refractivity contribution in [3.05, 3.63) is 40.1 Å². The van der Waals surface area contributed by atoms with E-state index >= 15 is 0 Å². The van der Waals surface area contributed by atoms with Crippen molar-refractivity contribution >= 4 is 27.5 Å². The molecule has 1 saturated carbocycles. The largest absolute Gasteiger partial charge is 0.324 e. The monoisotopic (exact) mass is 332 g/mol. The minimum atomic E-state index is -0.588. The molecule has 0 saturated heterocycles. The van der Waals surface area contributed by atoms with E-state index in [9.17, 15) is 4.79 Å². The quantitative estimate of drug-likeness (QED) is 0.887. The fourth-order valence-electron chi connectivity index (χ4n) is 2.54. The molecule has 1 aromatic carbocycles. The van der Waals surface area contributed by atoms with E-state index < -0.39 is 6.04 Å². The van der Waals surface area contributed by atoms with E-state index in [2.05, 4.69) is 32.4 Å². The zero-order chi connectivity index (χ0) is 13.9. The molecule has 1 amide bonds. The molecule has 4 rings (SSSR count). The smallest absolute Gasteiger partial charge is 0.245 e. The Labute approximate surface area is 124 Å². The second-order valence-corrected chi connectivity index (χ2v) is 6.17. The van der Waals surface area contributed by atoms with Crippen LogP contribution in [0, 0.1) is 0 Å². The Bertz CT molecular complexity index is 720. The number of carbonyl (C=O) groups excluding carboxylic acids is 1. The molecular formula is C14H13BrN4O. The lowest BCUT2D eigenvalue weighted by Gasteiger charge is -2.08. The Balaban J connectivity index is 1.78. The van der Waals surface area contributed by atoms with E-state index in [-0.39, 0.29) is 5.91 Å². The molecule has 2 heterocycles. The van der Waals surface area contributed by atoms with Crippen LogP contribution in [-0.4, -0.2) is 15.7 Å². The number of benzene rings is 1. The predicted molar refractivity (Wildman–Crippen MR) is 78.8 cm³/mol. The Hall–Kier alpha value is -1.66. The van der Waals surface area contributed by atoms with Crippen LogP contribution in [0.25, 0.3) is 5.69 Å². The zero-order valence-electron chi connectivity index (χ0n) is 10.6. The highest BCUT2D eigenvalue weighted by atomic mass is 79.9. The number of nitrogens with one attached hydrogen (secondary N) is 1. The van der Waals surface area contributed by atoms with Crippen LogP contribution in [0.5, 0.6) is 0 Å². The van der Waals surface area contributed by atoms with Crippen LogP contribution in [0.2, 0.25) is 0 Å². The second kappa shape index (κ2) is 4.17. The summed E-state index contributed by atoms with van der Waals surface area (Å²) in [4.78, 5) is 11.6. The van der Waals surface area contributed by atoms with Gasteiger partial charge in [0.15, 0.2) is 0 Å². The number of hydrogen-bond acceptors (Lipinski definition) is 3. The average molecular weight is 333 g/mol. The van der Waals surface area contributed by atoms with Crippen LogP contribution in [0.1, 0.15) is 36.1 Å². The van der Waals surface area contributed by atoms with Gasteiger partial charge in [0.05, 0.1) is 11.4 Å². The summed E-state index contributed by atoms with van der Waals surface area (Å²) in [5.74, 6) is 0.459. The summed E-state index contributed by atoms with van der Waals surface area (Å²) in [5.41, 5.74) is 9.48. The number of hydrogen-bond donors (Lipinski definition) is 2. The molecule has 6 heteroatoms. The molecule has 2 aromatic rings. The van der Waals surface area contributed by atoms with Crippen molar-refractivity contribution < 1.29 is 4.79 Å². The van der Waals surface area contributed by atoms with Gasteiger partial charge < -0.3 is 11.1 Å². The standard InChI is InChI=1S/C14H13BrN4O/c15-9-5-8-11(17-14(20)13(8)16)6-12(9)19-4-3-10(18-19)7-1-2-7/h3-7,13H,1-2,16H2,(H,17,20). The average Bonchev–Trinajstić information content (AvgIpc) is 3.10. The van der Waals surface area contributed by atoms with Gasteiger partial charge in [-0.25, -0.2) is 4.68 Å². The van der Waals surface area contributed by atoms with E-state index in [0.717, 1.165) is 27.1 Å². The van der Waals surface area contributed by atoms with Crippen molar-refractivity contribution in [2.75, 3.05) is 5.32 Å². The molecule has 1 unspecified atom stereocenters. The minimum Gasteiger partial charge on any atom is -0.324 e. The summed E-state index contributed by atoms with van der Waals surface area (Å²) in [6, 6.07) is 5.27. The lowest BCUT2D eigenvalue weighted by atomic mass is 10.1. The number of fused-ring (bicyclic) bond motifs is 1. The van der Waals surface area contributed by atoms with E-state index in [1.165, 1.54) is 12.8 Å². The number of rotatable bonds is 2. The van der Waals surface area contributed by atoms with Gasteiger partial charge in [0.1, 0.15) is 6.04 Å². The van der Waals surface area contributed by atoms with Gasteiger partial charge in [0.2, 0.25) is 5.91 Å². The van der Waals surface area contributed by atoms with E-state index in [1.54, 1.807) is 0 Å². The Morgan fingerprint density at radius 1 is 1.40 bits per heavy atom. The third kappa shape index (κ3) is 1.79. The van der Waals surface area contributed by atoms with Gasteiger partial charge in [-0.3, -0.25) is 4.79 Å². The van der Waals surface area contributed by atoms with Crippen molar-refractivity contribution in [1.29, 1.82) is 0 Å². The van der Waals surface area contributed by atoms with Crippen molar-refractivity contribution in [3.63, 3.8) is 0 Å².